The van der Waals surface area contributed by atoms with E-state index in [-0.39, 0.29) is 16.3 Å². The van der Waals surface area contributed by atoms with Crippen LogP contribution < -0.4 is 5.32 Å². The third-order valence-corrected chi connectivity index (χ3v) is 4.10. The number of nitrogens with one attached hydrogen (secondary N) is 1. The molecular weight excluding hydrogens is 372 g/mol. The number of halogens is 1. The number of hydrogen-bond acceptors (Lipinski definition) is 5. The maximum atomic E-state index is 12.0. The highest BCUT2D eigenvalue weighted by atomic mass is 35.5. The van der Waals surface area contributed by atoms with Crippen molar-refractivity contribution < 1.29 is 19.2 Å². The first-order valence-electron chi connectivity index (χ1n) is 8.40. The molecule has 27 heavy (non-hydrogen) atoms. The molecule has 0 unspecified atom stereocenters. The van der Waals surface area contributed by atoms with E-state index in [9.17, 15) is 19.7 Å². The van der Waals surface area contributed by atoms with Crippen LogP contribution in [0.5, 0.6) is 0 Å². The quantitative estimate of drug-likeness (QED) is 0.409. The molecule has 2 rings (SSSR count). The number of unbranched alkanes of at least 4 members (excludes halogenated alkanes) is 1. The average molecular weight is 391 g/mol. The fourth-order valence-corrected chi connectivity index (χ4v) is 2.52. The minimum Gasteiger partial charge on any atom is -0.452 e. The van der Waals surface area contributed by atoms with Gasteiger partial charge in [0.05, 0.1) is 15.5 Å². The summed E-state index contributed by atoms with van der Waals surface area (Å²) in [5.74, 6) is -1.43. The molecule has 1 N–H and O–H groups in total. The molecule has 0 spiro atoms. The molecule has 0 fully saturated rings. The number of ether oxygens (including phenoxy) is 1. The van der Waals surface area contributed by atoms with Gasteiger partial charge < -0.3 is 10.1 Å². The summed E-state index contributed by atoms with van der Waals surface area (Å²) in [4.78, 5) is 34.1. The average Bonchev–Trinajstić information content (AvgIpc) is 2.65. The monoisotopic (exact) mass is 390 g/mol. The predicted molar refractivity (Wildman–Crippen MR) is 102 cm³/mol. The van der Waals surface area contributed by atoms with Gasteiger partial charge in [-0.3, -0.25) is 14.9 Å². The van der Waals surface area contributed by atoms with E-state index in [0.717, 1.165) is 25.3 Å². The van der Waals surface area contributed by atoms with Crippen LogP contribution >= 0.6 is 11.6 Å². The number of carbonyl (C=O) groups excluding carboxylic acids is 2. The zero-order valence-corrected chi connectivity index (χ0v) is 15.5. The van der Waals surface area contributed by atoms with Gasteiger partial charge in [0.1, 0.15) is 0 Å². The van der Waals surface area contributed by atoms with Crippen molar-refractivity contribution in [1.82, 2.24) is 0 Å². The van der Waals surface area contributed by atoms with Crippen molar-refractivity contribution in [2.45, 2.75) is 26.2 Å². The fraction of sp³-hybridized carbons (Fsp3) is 0.263. The number of hydrogen-bond donors (Lipinski definition) is 1. The molecule has 1 amide bonds. The summed E-state index contributed by atoms with van der Waals surface area (Å²) < 4.78 is 4.90. The maximum absolute atomic E-state index is 12.0. The lowest BCUT2D eigenvalue weighted by Crippen LogP contribution is -2.21. The molecule has 0 aliphatic rings. The number of rotatable bonds is 8. The number of nitro benzene ring substituents is 1. The largest absolute Gasteiger partial charge is 0.452 e. The summed E-state index contributed by atoms with van der Waals surface area (Å²) in [5.41, 5.74) is 1.31. The van der Waals surface area contributed by atoms with Crippen LogP contribution in [-0.2, 0) is 16.0 Å². The first-order valence-corrected chi connectivity index (χ1v) is 8.78. The van der Waals surface area contributed by atoms with Gasteiger partial charge in [-0.2, -0.15) is 0 Å². The third-order valence-electron chi connectivity index (χ3n) is 3.77. The molecule has 0 aliphatic heterocycles. The van der Waals surface area contributed by atoms with E-state index in [1.807, 2.05) is 12.1 Å². The van der Waals surface area contributed by atoms with E-state index in [1.165, 1.54) is 17.7 Å². The van der Waals surface area contributed by atoms with Gasteiger partial charge >= 0.3 is 5.97 Å². The van der Waals surface area contributed by atoms with Crippen molar-refractivity contribution in [3.8, 4) is 0 Å². The lowest BCUT2D eigenvalue weighted by atomic mass is 10.1. The second-order valence-electron chi connectivity index (χ2n) is 5.85. The Kier molecular flexibility index (Phi) is 7.31. The Morgan fingerprint density at radius 2 is 1.89 bits per heavy atom. The van der Waals surface area contributed by atoms with Crippen LogP contribution in [0.4, 0.5) is 11.4 Å². The molecule has 0 bridgehead atoms. The van der Waals surface area contributed by atoms with E-state index >= 15 is 0 Å². The summed E-state index contributed by atoms with van der Waals surface area (Å²) in [6.07, 6.45) is 3.19. The molecule has 0 saturated carbocycles. The summed E-state index contributed by atoms with van der Waals surface area (Å²) >= 11 is 5.87. The van der Waals surface area contributed by atoms with E-state index < -0.39 is 23.4 Å². The number of non-ortho nitro benzene ring substituents is 1. The number of benzene rings is 2. The summed E-state index contributed by atoms with van der Waals surface area (Å²) in [6.45, 7) is 1.59. The Balaban J connectivity index is 1.90. The van der Waals surface area contributed by atoms with E-state index in [2.05, 4.69) is 12.2 Å². The van der Waals surface area contributed by atoms with Crippen LogP contribution in [-0.4, -0.2) is 23.4 Å². The van der Waals surface area contributed by atoms with E-state index in [0.29, 0.717) is 5.69 Å². The Morgan fingerprint density at radius 1 is 1.19 bits per heavy atom. The Labute approximate surface area is 161 Å². The van der Waals surface area contributed by atoms with E-state index in [4.69, 9.17) is 16.3 Å². The highest BCUT2D eigenvalue weighted by Crippen LogP contribution is 2.22. The van der Waals surface area contributed by atoms with Gasteiger partial charge in [0.25, 0.3) is 11.6 Å². The second kappa shape index (κ2) is 9.68. The third kappa shape index (κ3) is 6.07. The molecule has 142 valence electrons. The SMILES string of the molecule is CCCCc1ccc(NC(=O)COC(=O)c2cc([N+](=O)[O-])ccc2Cl)cc1. The Morgan fingerprint density at radius 3 is 2.52 bits per heavy atom. The minimum atomic E-state index is -0.909. The van der Waals surface area contributed by atoms with Crippen molar-refractivity contribution in [3.05, 3.63) is 68.7 Å². The van der Waals surface area contributed by atoms with Gasteiger partial charge in [0, 0.05) is 17.8 Å². The van der Waals surface area contributed by atoms with Crippen LogP contribution in [0.1, 0.15) is 35.7 Å². The molecule has 8 heteroatoms. The van der Waals surface area contributed by atoms with Crippen LogP contribution in [0.25, 0.3) is 0 Å². The van der Waals surface area contributed by atoms with Gasteiger partial charge in [-0.1, -0.05) is 37.1 Å². The number of nitro groups is 1. The van der Waals surface area contributed by atoms with E-state index in [1.54, 1.807) is 12.1 Å². The number of esters is 1. The van der Waals surface area contributed by atoms with Gasteiger partial charge in [-0.05, 0) is 36.6 Å². The number of anilines is 1. The summed E-state index contributed by atoms with van der Waals surface area (Å²) in [7, 11) is 0. The van der Waals surface area contributed by atoms with Crippen LogP contribution in [0.2, 0.25) is 5.02 Å². The molecule has 0 aromatic heterocycles. The molecular formula is C19H19ClN2O5. The van der Waals surface area contributed by atoms with Crippen LogP contribution in [0, 0.1) is 10.1 Å². The lowest BCUT2D eigenvalue weighted by Gasteiger charge is -2.08. The maximum Gasteiger partial charge on any atom is 0.340 e. The van der Waals surface area contributed by atoms with Gasteiger partial charge in [0.15, 0.2) is 6.61 Å². The molecule has 7 nitrogen and oxygen atoms in total. The smallest absolute Gasteiger partial charge is 0.340 e. The molecule has 0 atom stereocenters. The van der Waals surface area contributed by atoms with Crippen LogP contribution in [0.15, 0.2) is 42.5 Å². The van der Waals surface area contributed by atoms with Crippen LogP contribution in [0.3, 0.4) is 0 Å². The Bertz CT molecular complexity index is 836. The zero-order valence-electron chi connectivity index (χ0n) is 14.7. The summed E-state index contributed by atoms with van der Waals surface area (Å²) in [5, 5.41) is 13.4. The molecule has 0 radical (unpaired) electrons. The second-order valence-corrected chi connectivity index (χ2v) is 6.25. The standard InChI is InChI=1S/C19H19ClN2O5/c1-2-3-4-13-5-7-14(8-6-13)21-18(23)12-27-19(24)16-11-15(22(25)26)9-10-17(16)20/h5-11H,2-4,12H2,1H3,(H,21,23). The Hall–Kier alpha value is -2.93. The predicted octanol–water partition coefficient (Wildman–Crippen LogP) is 4.39. The van der Waals surface area contributed by atoms with Crippen molar-refractivity contribution in [2.75, 3.05) is 11.9 Å². The molecule has 0 saturated heterocycles. The van der Waals surface area contributed by atoms with Gasteiger partial charge in [-0.15, -0.1) is 0 Å². The highest BCUT2D eigenvalue weighted by Gasteiger charge is 2.18. The highest BCUT2D eigenvalue weighted by molar-refractivity contribution is 6.33. The zero-order chi connectivity index (χ0) is 19.8. The first-order chi connectivity index (χ1) is 12.9. The lowest BCUT2D eigenvalue weighted by molar-refractivity contribution is -0.384. The van der Waals surface area contributed by atoms with Gasteiger partial charge in [-0.25, -0.2) is 4.79 Å². The number of carbonyl (C=O) groups is 2. The van der Waals surface area contributed by atoms with Crippen molar-refractivity contribution in [2.24, 2.45) is 0 Å². The topological polar surface area (TPSA) is 98.5 Å². The molecule has 0 aliphatic carbocycles. The van der Waals surface area contributed by atoms with Crippen molar-refractivity contribution in [3.63, 3.8) is 0 Å². The fourth-order valence-electron chi connectivity index (χ4n) is 2.32. The number of nitrogens with zero attached hydrogens (tertiary/aromatic N) is 1. The number of aryl methyl sites for hydroxylation is 1. The van der Waals surface area contributed by atoms with Crippen molar-refractivity contribution in [1.29, 1.82) is 0 Å². The molecule has 2 aromatic rings. The molecule has 0 heterocycles. The molecule has 2 aromatic carbocycles. The number of amides is 1. The normalized spacial score (nSPS) is 10.3. The van der Waals surface area contributed by atoms with Gasteiger partial charge in [0.2, 0.25) is 0 Å². The minimum absolute atomic E-state index is 0.00803. The first kappa shape index (κ1) is 20.4. The summed E-state index contributed by atoms with van der Waals surface area (Å²) in [6, 6.07) is 10.8. The van der Waals surface area contributed by atoms with Crippen molar-refractivity contribution >= 4 is 34.9 Å².